The normalized spacial score (nSPS) is 13.4. The van der Waals surface area contributed by atoms with Gasteiger partial charge in [-0.05, 0) is 22.3 Å². The number of aliphatic hydroxyl groups is 1. The summed E-state index contributed by atoms with van der Waals surface area (Å²) in [5.74, 6) is -0.338. The van der Waals surface area contributed by atoms with Crippen LogP contribution in [0.2, 0.25) is 0 Å². The highest BCUT2D eigenvalue weighted by molar-refractivity contribution is 5.81. The summed E-state index contributed by atoms with van der Waals surface area (Å²) in [5.41, 5.74) is 3.78. The van der Waals surface area contributed by atoms with Gasteiger partial charge in [0.15, 0.2) is 6.10 Å². The van der Waals surface area contributed by atoms with E-state index in [4.69, 9.17) is 14.2 Å². The van der Waals surface area contributed by atoms with E-state index in [0.717, 1.165) is 22.3 Å². The molecule has 0 saturated heterocycles. The molecule has 2 N–H and O–H groups in total. The summed E-state index contributed by atoms with van der Waals surface area (Å²) in [6.45, 7) is 0.683. The maximum Gasteiger partial charge on any atom is 0.252 e. The Bertz CT molecular complexity index is 1220. The quantitative estimate of drug-likeness (QED) is 0.227. The molecule has 0 aliphatic carbocycles. The number of rotatable bonds is 15. The van der Waals surface area contributed by atoms with Crippen LogP contribution in [0.3, 0.4) is 0 Å². The summed E-state index contributed by atoms with van der Waals surface area (Å²) in [7, 11) is 0. The van der Waals surface area contributed by atoms with Gasteiger partial charge in [0.1, 0.15) is 12.2 Å². The van der Waals surface area contributed by atoms with Gasteiger partial charge in [-0.15, -0.1) is 0 Å². The van der Waals surface area contributed by atoms with Crippen molar-refractivity contribution in [3.63, 3.8) is 0 Å². The zero-order valence-corrected chi connectivity index (χ0v) is 21.9. The van der Waals surface area contributed by atoms with E-state index >= 15 is 0 Å². The van der Waals surface area contributed by atoms with Crippen molar-refractivity contribution >= 4 is 5.91 Å². The van der Waals surface area contributed by atoms with Crippen molar-refractivity contribution < 1.29 is 24.1 Å². The van der Waals surface area contributed by atoms with Crippen molar-refractivity contribution in [1.29, 1.82) is 0 Å². The lowest BCUT2D eigenvalue weighted by Gasteiger charge is -2.32. The predicted molar refractivity (Wildman–Crippen MR) is 150 cm³/mol. The third-order valence-corrected chi connectivity index (χ3v) is 6.28. The molecule has 4 rings (SSSR count). The summed E-state index contributed by atoms with van der Waals surface area (Å²) in [5, 5.41) is 13.4. The van der Waals surface area contributed by atoms with E-state index in [1.165, 1.54) is 0 Å². The minimum absolute atomic E-state index is 0.201. The van der Waals surface area contributed by atoms with Crippen LogP contribution in [0.25, 0.3) is 0 Å². The number of hydrogen-bond donors (Lipinski definition) is 2. The molecule has 0 fully saturated rings. The fourth-order valence-corrected chi connectivity index (χ4v) is 4.15. The van der Waals surface area contributed by atoms with Gasteiger partial charge in [-0.25, -0.2) is 0 Å². The SMILES string of the molecule is O=C(NCc1ccccc1)[C@H](OCc1ccccc1)[C@@H](OCc1ccccc1)[C@@H](CO)OCc1ccccc1. The van der Waals surface area contributed by atoms with E-state index in [1.807, 2.05) is 121 Å². The molecule has 0 radical (unpaired) electrons. The Balaban J connectivity index is 1.56. The van der Waals surface area contributed by atoms with Gasteiger partial charge in [-0.1, -0.05) is 121 Å². The summed E-state index contributed by atoms with van der Waals surface area (Å²) in [4.78, 5) is 13.6. The maximum absolute atomic E-state index is 13.6. The molecule has 6 heteroatoms. The lowest BCUT2D eigenvalue weighted by Crippen LogP contribution is -2.51. The fraction of sp³-hybridized carbons (Fsp3) is 0.242. The third-order valence-electron chi connectivity index (χ3n) is 6.28. The van der Waals surface area contributed by atoms with Gasteiger partial charge in [0.05, 0.1) is 26.4 Å². The number of carbonyl (C=O) groups is 1. The number of nitrogens with one attached hydrogen (secondary N) is 1. The van der Waals surface area contributed by atoms with Crippen LogP contribution in [0.15, 0.2) is 121 Å². The molecule has 4 aromatic rings. The van der Waals surface area contributed by atoms with Crippen molar-refractivity contribution in [3.8, 4) is 0 Å². The molecule has 0 aliphatic rings. The number of amides is 1. The van der Waals surface area contributed by atoms with Crippen molar-refractivity contribution in [3.05, 3.63) is 144 Å². The monoisotopic (exact) mass is 525 g/mol. The standard InChI is InChI=1S/C33H35NO5/c35-22-30(37-23-27-15-7-2-8-16-27)31(38-24-28-17-9-3-10-18-28)32(39-25-29-19-11-4-12-20-29)33(36)34-21-26-13-5-1-6-14-26/h1-20,30-32,35H,21-25H2,(H,34,36)/t30-,31+,32-/m1/s1. The molecule has 3 atom stereocenters. The van der Waals surface area contributed by atoms with E-state index in [0.29, 0.717) is 6.54 Å². The summed E-state index contributed by atoms with van der Waals surface area (Å²) in [6, 6.07) is 38.7. The summed E-state index contributed by atoms with van der Waals surface area (Å²) >= 11 is 0. The Hall–Kier alpha value is -3.81. The average Bonchev–Trinajstić information content (AvgIpc) is 3.00. The topological polar surface area (TPSA) is 77.0 Å². The van der Waals surface area contributed by atoms with Gasteiger partial charge < -0.3 is 24.6 Å². The zero-order valence-electron chi connectivity index (χ0n) is 21.9. The maximum atomic E-state index is 13.6. The van der Waals surface area contributed by atoms with Crippen LogP contribution in [-0.2, 0) is 45.4 Å². The van der Waals surface area contributed by atoms with E-state index in [1.54, 1.807) is 0 Å². The first-order chi connectivity index (χ1) is 19.2. The van der Waals surface area contributed by atoms with E-state index in [-0.39, 0.29) is 32.3 Å². The van der Waals surface area contributed by atoms with Crippen LogP contribution in [-0.4, -0.2) is 35.9 Å². The Morgan fingerprint density at radius 1 is 0.590 bits per heavy atom. The van der Waals surface area contributed by atoms with Crippen molar-refractivity contribution in [2.24, 2.45) is 0 Å². The van der Waals surface area contributed by atoms with Gasteiger partial charge in [0.2, 0.25) is 0 Å². The molecule has 39 heavy (non-hydrogen) atoms. The lowest BCUT2D eigenvalue weighted by molar-refractivity contribution is -0.174. The largest absolute Gasteiger partial charge is 0.394 e. The minimum Gasteiger partial charge on any atom is -0.394 e. The van der Waals surface area contributed by atoms with Gasteiger partial charge in [0.25, 0.3) is 5.91 Å². The van der Waals surface area contributed by atoms with Crippen molar-refractivity contribution in [2.45, 2.75) is 44.7 Å². The molecular weight excluding hydrogens is 490 g/mol. The molecule has 0 bridgehead atoms. The lowest BCUT2D eigenvalue weighted by atomic mass is 10.1. The van der Waals surface area contributed by atoms with Gasteiger partial charge >= 0.3 is 0 Å². The van der Waals surface area contributed by atoms with Crippen LogP contribution in [0.5, 0.6) is 0 Å². The van der Waals surface area contributed by atoms with E-state index < -0.39 is 18.3 Å². The molecule has 0 heterocycles. The molecule has 0 saturated carbocycles. The molecule has 6 nitrogen and oxygen atoms in total. The van der Waals surface area contributed by atoms with Crippen LogP contribution < -0.4 is 5.32 Å². The van der Waals surface area contributed by atoms with E-state index in [2.05, 4.69) is 5.32 Å². The molecular formula is C33H35NO5. The smallest absolute Gasteiger partial charge is 0.252 e. The minimum atomic E-state index is -1.04. The second-order valence-corrected chi connectivity index (χ2v) is 9.20. The van der Waals surface area contributed by atoms with Gasteiger partial charge in [-0.3, -0.25) is 4.79 Å². The molecule has 0 aliphatic heterocycles. The molecule has 0 unspecified atom stereocenters. The third kappa shape index (κ3) is 9.16. The first-order valence-electron chi connectivity index (χ1n) is 13.1. The van der Waals surface area contributed by atoms with Crippen molar-refractivity contribution in [2.75, 3.05) is 6.61 Å². The Kier molecular flexibility index (Phi) is 11.3. The molecule has 202 valence electrons. The number of ether oxygens (including phenoxy) is 3. The van der Waals surface area contributed by atoms with Gasteiger partial charge in [0, 0.05) is 6.54 Å². The Labute approximate surface area is 230 Å². The fourth-order valence-electron chi connectivity index (χ4n) is 4.15. The summed E-state index contributed by atoms with van der Waals surface area (Å²) < 4.78 is 18.7. The first kappa shape index (κ1) is 28.2. The van der Waals surface area contributed by atoms with E-state index in [9.17, 15) is 9.90 Å². The molecule has 1 amide bonds. The van der Waals surface area contributed by atoms with Crippen LogP contribution in [0.4, 0.5) is 0 Å². The van der Waals surface area contributed by atoms with Crippen LogP contribution in [0, 0.1) is 0 Å². The average molecular weight is 526 g/mol. The predicted octanol–water partition coefficient (Wildman–Crippen LogP) is 5.05. The Morgan fingerprint density at radius 2 is 1.00 bits per heavy atom. The summed E-state index contributed by atoms with van der Waals surface area (Å²) in [6.07, 6.45) is -2.72. The number of benzene rings is 4. The van der Waals surface area contributed by atoms with Crippen molar-refractivity contribution in [1.82, 2.24) is 5.32 Å². The second-order valence-electron chi connectivity index (χ2n) is 9.20. The molecule has 4 aromatic carbocycles. The molecule has 0 spiro atoms. The van der Waals surface area contributed by atoms with Crippen LogP contribution in [0.1, 0.15) is 22.3 Å². The Morgan fingerprint density at radius 3 is 1.46 bits per heavy atom. The van der Waals surface area contributed by atoms with Crippen LogP contribution >= 0.6 is 0 Å². The number of aliphatic hydroxyl groups excluding tert-OH is 1. The number of hydrogen-bond acceptors (Lipinski definition) is 5. The van der Waals surface area contributed by atoms with Gasteiger partial charge in [-0.2, -0.15) is 0 Å². The molecule has 0 aromatic heterocycles. The highest BCUT2D eigenvalue weighted by Crippen LogP contribution is 2.19. The number of carbonyl (C=O) groups excluding carboxylic acids is 1. The first-order valence-corrected chi connectivity index (χ1v) is 13.1. The highest BCUT2D eigenvalue weighted by Gasteiger charge is 2.37. The zero-order chi connectivity index (χ0) is 27.1. The second kappa shape index (κ2) is 15.6. The highest BCUT2D eigenvalue weighted by atomic mass is 16.6.